The van der Waals surface area contributed by atoms with Crippen LogP contribution in [0.3, 0.4) is 0 Å². The van der Waals surface area contributed by atoms with Gasteiger partial charge in [0.2, 0.25) is 0 Å². The average Bonchev–Trinajstić information content (AvgIpc) is 1.64. The van der Waals surface area contributed by atoms with Gasteiger partial charge in [0.15, 0.2) is 0 Å². The number of halogens is 1. The minimum Gasteiger partial charge on any atom is -0.252 e. The monoisotopic (exact) mass is 221 g/mol. The summed E-state index contributed by atoms with van der Waals surface area (Å²) in [5.41, 5.74) is 1.26. The summed E-state index contributed by atoms with van der Waals surface area (Å²) in [5.74, 6) is 0. The van der Waals surface area contributed by atoms with Crippen LogP contribution < -0.4 is 0 Å². The highest BCUT2D eigenvalue weighted by atomic mass is 127. The highest BCUT2D eigenvalue weighted by molar-refractivity contribution is 14.1. The highest BCUT2D eigenvalue weighted by Crippen LogP contribution is 2.15. The first-order valence-electron chi connectivity index (χ1n) is 2.69. The molecule has 0 amide bonds. The Bertz CT molecular complexity index is 147. The van der Waals surface area contributed by atoms with Crippen LogP contribution in [0.15, 0.2) is 14.8 Å². The Hall–Kier alpha value is 0.140. The van der Waals surface area contributed by atoms with Gasteiger partial charge in [0, 0.05) is 5.71 Å². The molecule has 0 saturated heterocycles. The lowest BCUT2D eigenvalue weighted by atomic mass is 10.2. The SMILES string of the molecule is CC1=NC(I)=CCC1. The summed E-state index contributed by atoms with van der Waals surface area (Å²) < 4.78 is 1.14. The molecule has 0 fully saturated rings. The van der Waals surface area contributed by atoms with Gasteiger partial charge in [-0.25, -0.2) is 0 Å². The Morgan fingerprint density at radius 2 is 2.50 bits per heavy atom. The van der Waals surface area contributed by atoms with Crippen molar-refractivity contribution >= 4 is 28.3 Å². The first kappa shape index (κ1) is 6.26. The molecule has 1 aliphatic rings. The van der Waals surface area contributed by atoms with Crippen LogP contribution in [0, 0.1) is 0 Å². The Balaban J connectivity index is 2.69. The second-order valence-electron chi connectivity index (χ2n) is 1.91. The first-order valence-corrected chi connectivity index (χ1v) is 3.77. The lowest BCUT2D eigenvalue weighted by Gasteiger charge is -2.02. The zero-order valence-corrected chi connectivity index (χ0v) is 6.97. The van der Waals surface area contributed by atoms with Crippen molar-refractivity contribution in [2.45, 2.75) is 19.8 Å². The summed E-state index contributed by atoms with van der Waals surface area (Å²) in [6.45, 7) is 2.08. The molecule has 0 unspecified atom stereocenters. The Kier molecular flexibility index (Phi) is 2.05. The van der Waals surface area contributed by atoms with Crippen molar-refractivity contribution in [1.29, 1.82) is 0 Å². The number of hydrogen-bond acceptors (Lipinski definition) is 1. The van der Waals surface area contributed by atoms with Crippen molar-refractivity contribution < 1.29 is 0 Å². The van der Waals surface area contributed by atoms with Crippen LogP contribution in [0.25, 0.3) is 0 Å². The number of allylic oxidation sites excluding steroid dienone is 1. The molecular formula is C6H8IN. The molecule has 1 rings (SSSR count). The lowest BCUT2D eigenvalue weighted by molar-refractivity contribution is 1.05. The molecule has 1 aliphatic heterocycles. The third-order valence-corrected chi connectivity index (χ3v) is 1.80. The fraction of sp³-hybridized carbons (Fsp3) is 0.500. The van der Waals surface area contributed by atoms with Gasteiger partial charge < -0.3 is 0 Å². The van der Waals surface area contributed by atoms with Gasteiger partial charge in [-0.2, -0.15) is 0 Å². The van der Waals surface area contributed by atoms with Crippen LogP contribution in [0.2, 0.25) is 0 Å². The molecule has 0 radical (unpaired) electrons. The number of rotatable bonds is 0. The van der Waals surface area contributed by atoms with E-state index in [4.69, 9.17) is 0 Å². The Labute approximate surface area is 63.0 Å². The quantitative estimate of drug-likeness (QED) is 0.440. The molecule has 0 bridgehead atoms. The largest absolute Gasteiger partial charge is 0.252 e. The van der Waals surface area contributed by atoms with E-state index >= 15 is 0 Å². The molecule has 0 aromatic heterocycles. The van der Waals surface area contributed by atoms with E-state index in [9.17, 15) is 0 Å². The maximum atomic E-state index is 4.25. The molecule has 8 heavy (non-hydrogen) atoms. The molecule has 0 aliphatic carbocycles. The first-order chi connectivity index (χ1) is 3.79. The number of hydrogen-bond donors (Lipinski definition) is 0. The predicted molar refractivity (Wildman–Crippen MR) is 44.4 cm³/mol. The summed E-state index contributed by atoms with van der Waals surface area (Å²) >= 11 is 2.25. The van der Waals surface area contributed by atoms with Crippen molar-refractivity contribution in [3.05, 3.63) is 9.78 Å². The van der Waals surface area contributed by atoms with Gasteiger partial charge in [-0.3, -0.25) is 4.99 Å². The van der Waals surface area contributed by atoms with E-state index < -0.39 is 0 Å². The molecule has 2 heteroatoms. The Morgan fingerprint density at radius 3 is 2.88 bits per heavy atom. The number of aliphatic imine (C=N–C) groups is 1. The van der Waals surface area contributed by atoms with Gasteiger partial charge in [-0.05, 0) is 42.4 Å². The second-order valence-corrected chi connectivity index (χ2v) is 3.02. The van der Waals surface area contributed by atoms with Gasteiger partial charge in [-0.1, -0.05) is 6.08 Å². The van der Waals surface area contributed by atoms with Crippen LogP contribution in [0.4, 0.5) is 0 Å². The summed E-state index contributed by atoms with van der Waals surface area (Å²) in [6, 6.07) is 0. The van der Waals surface area contributed by atoms with Crippen molar-refractivity contribution in [3.63, 3.8) is 0 Å². The van der Waals surface area contributed by atoms with E-state index in [0.717, 1.165) is 10.1 Å². The van der Waals surface area contributed by atoms with Crippen LogP contribution in [-0.4, -0.2) is 5.71 Å². The van der Waals surface area contributed by atoms with Gasteiger partial charge in [-0.15, -0.1) is 0 Å². The predicted octanol–water partition coefficient (Wildman–Crippen LogP) is 2.52. The highest BCUT2D eigenvalue weighted by Gasteiger charge is 1.97. The summed E-state index contributed by atoms with van der Waals surface area (Å²) in [7, 11) is 0. The van der Waals surface area contributed by atoms with Gasteiger partial charge in [0.25, 0.3) is 0 Å². The molecular weight excluding hydrogens is 213 g/mol. The smallest absolute Gasteiger partial charge is 0.0968 e. The van der Waals surface area contributed by atoms with Crippen LogP contribution in [0.1, 0.15) is 19.8 Å². The van der Waals surface area contributed by atoms with E-state index in [0.29, 0.717) is 0 Å². The third-order valence-electron chi connectivity index (χ3n) is 1.12. The van der Waals surface area contributed by atoms with E-state index in [1.165, 1.54) is 12.1 Å². The molecule has 0 aromatic rings. The summed E-state index contributed by atoms with van der Waals surface area (Å²) in [5, 5.41) is 0. The normalized spacial score (nSPS) is 19.8. The van der Waals surface area contributed by atoms with Crippen molar-refractivity contribution in [2.75, 3.05) is 0 Å². The molecule has 0 saturated carbocycles. The molecule has 1 nitrogen and oxygen atoms in total. The maximum absolute atomic E-state index is 4.25. The van der Waals surface area contributed by atoms with Crippen LogP contribution >= 0.6 is 22.6 Å². The fourth-order valence-corrected chi connectivity index (χ4v) is 1.41. The van der Waals surface area contributed by atoms with Gasteiger partial charge in [0.05, 0.1) is 3.70 Å². The van der Waals surface area contributed by atoms with Crippen molar-refractivity contribution in [2.24, 2.45) is 4.99 Å². The standard InChI is InChI=1S/C6H8IN/c1-5-3-2-4-6(7)8-5/h4H,2-3H2,1H3. The molecule has 44 valence electrons. The molecule has 0 aromatic carbocycles. The minimum absolute atomic E-state index is 1.14. The molecule has 0 spiro atoms. The van der Waals surface area contributed by atoms with E-state index in [2.05, 4.69) is 40.6 Å². The van der Waals surface area contributed by atoms with Gasteiger partial charge >= 0.3 is 0 Å². The topological polar surface area (TPSA) is 12.4 Å². The van der Waals surface area contributed by atoms with E-state index in [1.54, 1.807) is 0 Å². The Morgan fingerprint density at radius 1 is 1.75 bits per heavy atom. The zero-order chi connectivity index (χ0) is 5.98. The fourth-order valence-electron chi connectivity index (χ4n) is 0.684. The second kappa shape index (κ2) is 2.62. The van der Waals surface area contributed by atoms with Crippen molar-refractivity contribution in [3.8, 4) is 0 Å². The zero-order valence-electron chi connectivity index (χ0n) is 4.82. The van der Waals surface area contributed by atoms with Crippen LogP contribution in [0.5, 0.6) is 0 Å². The average molecular weight is 221 g/mol. The summed E-state index contributed by atoms with van der Waals surface area (Å²) in [4.78, 5) is 4.25. The molecule has 0 N–H and O–H groups in total. The molecule has 0 atom stereocenters. The third kappa shape index (κ3) is 1.58. The maximum Gasteiger partial charge on any atom is 0.0968 e. The minimum atomic E-state index is 1.14. The number of nitrogens with zero attached hydrogens (tertiary/aromatic N) is 1. The van der Waals surface area contributed by atoms with E-state index in [1.807, 2.05) is 0 Å². The van der Waals surface area contributed by atoms with Crippen molar-refractivity contribution in [1.82, 2.24) is 0 Å². The van der Waals surface area contributed by atoms with E-state index in [-0.39, 0.29) is 0 Å². The van der Waals surface area contributed by atoms with Crippen LogP contribution in [-0.2, 0) is 0 Å². The lowest BCUT2D eigenvalue weighted by Crippen LogP contribution is -1.93. The van der Waals surface area contributed by atoms with Gasteiger partial charge in [0.1, 0.15) is 0 Å². The molecule has 1 heterocycles. The summed E-state index contributed by atoms with van der Waals surface area (Å²) in [6.07, 6.45) is 4.48.